The summed E-state index contributed by atoms with van der Waals surface area (Å²) in [4.78, 5) is 28.2. The van der Waals surface area contributed by atoms with E-state index in [9.17, 15) is 18.4 Å². The highest BCUT2D eigenvalue weighted by Crippen LogP contribution is 2.21. The highest BCUT2D eigenvalue weighted by molar-refractivity contribution is 5.97. The molecule has 37 heavy (non-hydrogen) atoms. The quantitative estimate of drug-likeness (QED) is 0.422. The zero-order chi connectivity index (χ0) is 28.2. The summed E-state index contributed by atoms with van der Waals surface area (Å²) in [5.74, 6) is -2.33. The Morgan fingerprint density at radius 2 is 1.81 bits per heavy atom. The van der Waals surface area contributed by atoms with E-state index in [4.69, 9.17) is 4.74 Å². The number of nitrogens with one attached hydrogen (secondary N) is 3. The van der Waals surface area contributed by atoms with Crippen LogP contribution in [0.25, 0.3) is 0 Å². The molecule has 1 aliphatic rings. The summed E-state index contributed by atoms with van der Waals surface area (Å²) < 4.78 is 34.9. The molecule has 208 valence electrons. The molecule has 3 N–H and O–H groups in total. The first-order chi connectivity index (χ1) is 17.8. The van der Waals surface area contributed by atoms with Crippen LogP contribution in [0.15, 0.2) is 36.5 Å². The van der Waals surface area contributed by atoms with E-state index in [0.717, 1.165) is 31.9 Å². The number of pyridine rings is 1. The molecule has 1 aromatic heterocycles. The molecule has 2 unspecified atom stereocenters. The zero-order valence-corrected chi connectivity index (χ0v) is 23.0. The van der Waals surface area contributed by atoms with Crippen molar-refractivity contribution in [3.05, 3.63) is 53.9 Å². The van der Waals surface area contributed by atoms with Gasteiger partial charge in [-0.05, 0) is 64.0 Å². The molecule has 2 amide bonds. The van der Waals surface area contributed by atoms with Gasteiger partial charge in [0.1, 0.15) is 11.8 Å². The summed E-state index contributed by atoms with van der Waals surface area (Å²) in [6, 6.07) is 7.02. The molecule has 1 aromatic carbocycles. The number of carbonyl (C=O) groups excluding carboxylic acids is 2. The molecular weight excluding hydrogens is 482 g/mol. The monoisotopic (exact) mass is 524 g/mol. The van der Waals surface area contributed by atoms with Crippen molar-refractivity contribution in [2.45, 2.75) is 66.1 Å². The average Bonchev–Trinajstić information content (AvgIpc) is 3.37. The molecule has 2 aromatic rings. The number of rotatable bonds is 8. The Morgan fingerprint density at radius 1 is 1.11 bits per heavy atom. The number of nitrogens with zero attached hydrogens (tertiary/aromatic N) is 1. The highest BCUT2D eigenvalue weighted by Gasteiger charge is 2.28. The minimum absolute atomic E-state index is 0.0694. The van der Waals surface area contributed by atoms with E-state index in [2.05, 4.69) is 25.7 Å². The topological polar surface area (TPSA) is 102 Å². The predicted octanol–water partition coefficient (Wildman–Crippen LogP) is 4.95. The van der Waals surface area contributed by atoms with Crippen LogP contribution in [-0.4, -0.2) is 56.3 Å². The molecule has 0 radical (unpaired) electrons. The third-order valence-electron chi connectivity index (χ3n) is 4.81. The normalized spacial score (nSPS) is 15.5. The number of carbonyl (C=O) groups is 2. The first-order valence-electron chi connectivity index (χ1n) is 12.7. The fourth-order valence-corrected chi connectivity index (χ4v) is 3.05. The van der Waals surface area contributed by atoms with Crippen LogP contribution < -0.4 is 20.7 Å². The third kappa shape index (κ3) is 12.6. The Labute approximate surface area is 219 Å². The van der Waals surface area contributed by atoms with Crippen LogP contribution >= 0.6 is 0 Å². The molecule has 0 saturated carbocycles. The van der Waals surface area contributed by atoms with Gasteiger partial charge >= 0.3 is 0 Å². The Hall–Kier alpha value is -3.11. The predicted molar refractivity (Wildman–Crippen MR) is 143 cm³/mol. The summed E-state index contributed by atoms with van der Waals surface area (Å²) in [6.07, 6.45) is 3.65. The molecule has 2 heterocycles. The lowest BCUT2D eigenvalue weighted by Crippen LogP contribution is -2.29. The lowest BCUT2D eigenvalue weighted by molar-refractivity contribution is -0.126. The van der Waals surface area contributed by atoms with Gasteiger partial charge < -0.3 is 25.4 Å². The second-order valence-corrected chi connectivity index (χ2v) is 7.40. The van der Waals surface area contributed by atoms with Crippen LogP contribution in [0.3, 0.4) is 0 Å². The zero-order valence-electron chi connectivity index (χ0n) is 23.0. The van der Waals surface area contributed by atoms with Gasteiger partial charge in [-0.1, -0.05) is 33.8 Å². The van der Waals surface area contributed by atoms with Crippen LogP contribution in [0.4, 0.5) is 14.5 Å². The van der Waals surface area contributed by atoms with Gasteiger partial charge in [0, 0.05) is 18.4 Å². The second-order valence-electron chi connectivity index (χ2n) is 7.40. The van der Waals surface area contributed by atoms with E-state index in [0.29, 0.717) is 12.2 Å². The van der Waals surface area contributed by atoms with E-state index >= 15 is 0 Å². The highest BCUT2D eigenvalue weighted by atomic mass is 19.2. The van der Waals surface area contributed by atoms with E-state index in [-0.39, 0.29) is 29.4 Å². The van der Waals surface area contributed by atoms with E-state index < -0.39 is 17.7 Å². The number of halogens is 2. The van der Waals surface area contributed by atoms with Crippen molar-refractivity contribution in [3.63, 3.8) is 0 Å². The Morgan fingerprint density at radius 3 is 2.38 bits per heavy atom. The largest absolute Gasteiger partial charge is 0.494 e. The second kappa shape index (κ2) is 20.0. The van der Waals surface area contributed by atoms with E-state index in [1.807, 2.05) is 41.7 Å². The third-order valence-corrected chi connectivity index (χ3v) is 4.81. The van der Waals surface area contributed by atoms with Gasteiger partial charge in [-0.25, -0.2) is 4.39 Å². The lowest BCUT2D eigenvalue weighted by atomic mass is 10.2. The maximum absolute atomic E-state index is 12.5. The average molecular weight is 525 g/mol. The van der Waals surface area contributed by atoms with Crippen molar-refractivity contribution < 1.29 is 27.8 Å². The van der Waals surface area contributed by atoms with Gasteiger partial charge in [-0.3, -0.25) is 14.6 Å². The Bertz CT molecular complexity index is 931. The van der Waals surface area contributed by atoms with Crippen LogP contribution in [-0.2, 0) is 9.53 Å². The van der Waals surface area contributed by atoms with Crippen LogP contribution in [0, 0.1) is 11.6 Å². The van der Waals surface area contributed by atoms with Gasteiger partial charge in [0.25, 0.3) is 11.8 Å². The molecule has 2 atom stereocenters. The van der Waals surface area contributed by atoms with Gasteiger partial charge in [0.05, 0.1) is 13.2 Å². The molecule has 0 spiro atoms. The minimum Gasteiger partial charge on any atom is -0.494 e. The standard InChI is InChI=1S/C16H24N4O3.C7H6F2O.2C2H6/c1-11-4-5-14(23-11)16(22)20-12-6-9-18-13(10-12)15(21)19-8-3-7-17-2;1-10-6-4-2-3-5(8)7(6)9;2*1-2/h6,9-11,14,17H,3-5,7-8H2,1-2H3,(H,19,21)(H,18,20,22);2-4H,1H3;2*1-2H3. The maximum atomic E-state index is 12.5. The number of benzene rings is 1. The van der Waals surface area contributed by atoms with Gasteiger partial charge in [-0.2, -0.15) is 4.39 Å². The molecular formula is C27H42F2N4O4. The number of aromatic nitrogens is 1. The molecule has 10 heteroatoms. The van der Waals surface area contributed by atoms with Crippen molar-refractivity contribution >= 4 is 17.5 Å². The number of amides is 2. The molecule has 1 fully saturated rings. The molecule has 0 bridgehead atoms. The first kappa shape index (κ1) is 33.9. The van der Waals surface area contributed by atoms with Crippen molar-refractivity contribution in [2.75, 3.05) is 32.6 Å². The summed E-state index contributed by atoms with van der Waals surface area (Å²) in [7, 11) is 3.15. The summed E-state index contributed by atoms with van der Waals surface area (Å²) in [5.41, 5.74) is 0.835. The number of hydrogen-bond donors (Lipinski definition) is 3. The maximum Gasteiger partial charge on any atom is 0.269 e. The van der Waals surface area contributed by atoms with Crippen molar-refractivity contribution in [1.29, 1.82) is 0 Å². The molecule has 1 saturated heterocycles. The molecule has 3 rings (SSSR count). The van der Waals surface area contributed by atoms with Gasteiger partial charge in [0.15, 0.2) is 11.6 Å². The number of hydrogen-bond acceptors (Lipinski definition) is 6. The van der Waals surface area contributed by atoms with E-state index in [1.54, 1.807) is 12.1 Å². The van der Waals surface area contributed by atoms with Gasteiger partial charge in [0.2, 0.25) is 5.82 Å². The lowest BCUT2D eigenvalue weighted by Gasteiger charge is -2.12. The Balaban J connectivity index is 0.000000771. The Kier molecular flexibility index (Phi) is 18.3. The minimum atomic E-state index is -0.940. The van der Waals surface area contributed by atoms with Gasteiger partial charge in [-0.15, -0.1) is 0 Å². The molecule has 8 nitrogen and oxygen atoms in total. The number of methoxy groups -OCH3 is 1. The van der Waals surface area contributed by atoms with Crippen molar-refractivity contribution in [2.24, 2.45) is 0 Å². The van der Waals surface area contributed by atoms with E-state index in [1.165, 1.54) is 25.4 Å². The summed E-state index contributed by atoms with van der Waals surface area (Å²) >= 11 is 0. The smallest absolute Gasteiger partial charge is 0.269 e. The summed E-state index contributed by atoms with van der Waals surface area (Å²) in [5, 5.41) is 8.59. The molecule has 1 aliphatic heterocycles. The van der Waals surface area contributed by atoms with Crippen LogP contribution in [0.5, 0.6) is 5.75 Å². The number of anilines is 1. The van der Waals surface area contributed by atoms with Crippen molar-refractivity contribution in [1.82, 2.24) is 15.6 Å². The molecule has 0 aliphatic carbocycles. The number of ether oxygens (including phenoxy) is 2. The van der Waals surface area contributed by atoms with Crippen LogP contribution in [0.2, 0.25) is 0 Å². The SMILES string of the molecule is CC.CC.CNCCCNC(=O)c1cc(NC(=O)C2CCC(C)O2)ccn1.COc1cccc(F)c1F. The van der Waals surface area contributed by atoms with Crippen molar-refractivity contribution in [3.8, 4) is 5.75 Å². The van der Waals surface area contributed by atoms with Crippen LogP contribution in [0.1, 0.15) is 64.4 Å². The fourth-order valence-electron chi connectivity index (χ4n) is 3.05. The summed E-state index contributed by atoms with van der Waals surface area (Å²) in [6.45, 7) is 11.4. The fraction of sp³-hybridized carbons (Fsp3) is 0.519. The first-order valence-corrected chi connectivity index (χ1v) is 12.7.